The van der Waals surface area contributed by atoms with E-state index in [1.807, 2.05) is 45.9 Å². The Balaban J connectivity index is 1.84. The molecule has 3 rings (SSSR count). The van der Waals surface area contributed by atoms with Crippen molar-refractivity contribution in [2.45, 2.75) is 50.7 Å². The van der Waals surface area contributed by atoms with Gasteiger partial charge in [0.1, 0.15) is 5.75 Å². The van der Waals surface area contributed by atoms with Crippen LogP contribution in [-0.4, -0.2) is 9.97 Å². The predicted molar refractivity (Wildman–Crippen MR) is 113 cm³/mol. The van der Waals surface area contributed by atoms with Gasteiger partial charge in [0.15, 0.2) is 5.16 Å². The van der Waals surface area contributed by atoms with Crippen LogP contribution in [-0.2, 0) is 11.9 Å². The number of ether oxygens (including phenoxy) is 1. The molecule has 7 heteroatoms. The predicted octanol–water partition coefficient (Wildman–Crippen LogP) is 7.32. The van der Waals surface area contributed by atoms with Crippen molar-refractivity contribution in [2.24, 2.45) is 0 Å². The van der Waals surface area contributed by atoms with Crippen LogP contribution in [0.25, 0.3) is 0 Å². The van der Waals surface area contributed by atoms with E-state index in [9.17, 15) is 13.2 Å². The van der Waals surface area contributed by atoms with E-state index in [0.717, 1.165) is 34.7 Å². The maximum absolute atomic E-state index is 12.9. The molecular weight excluding hydrogens is 409 g/mol. The molecule has 0 spiro atoms. The van der Waals surface area contributed by atoms with Crippen LogP contribution in [0.1, 0.15) is 47.7 Å². The number of halogens is 3. The van der Waals surface area contributed by atoms with Crippen LogP contribution in [0.2, 0.25) is 0 Å². The Labute approximate surface area is 178 Å². The molecule has 0 unspecified atom stereocenters. The average molecular weight is 433 g/mol. The molecule has 1 heterocycles. The van der Waals surface area contributed by atoms with Gasteiger partial charge in [-0.05, 0) is 48.6 Å². The summed E-state index contributed by atoms with van der Waals surface area (Å²) in [4.78, 5) is 9.03. The van der Waals surface area contributed by atoms with Gasteiger partial charge in [0.05, 0.1) is 11.3 Å². The summed E-state index contributed by atoms with van der Waals surface area (Å²) < 4.78 is 44.9. The fourth-order valence-corrected chi connectivity index (χ4v) is 3.57. The molecule has 0 atom stereocenters. The summed E-state index contributed by atoms with van der Waals surface area (Å²) in [7, 11) is 0. The molecule has 0 radical (unpaired) electrons. The molecule has 0 fully saturated rings. The zero-order valence-electron chi connectivity index (χ0n) is 17.2. The Morgan fingerprint density at radius 3 is 2.43 bits per heavy atom. The number of alkyl halides is 3. The lowest BCUT2D eigenvalue weighted by molar-refractivity contribution is -0.137. The van der Waals surface area contributed by atoms with Gasteiger partial charge < -0.3 is 4.74 Å². The molecule has 3 aromatic rings. The third kappa shape index (κ3) is 5.53. The summed E-state index contributed by atoms with van der Waals surface area (Å²) in [5.41, 5.74) is 2.86. The lowest BCUT2D eigenvalue weighted by atomic mass is 10.1. The van der Waals surface area contributed by atoms with Crippen molar-refractivity contribution in [3.63, 3.8) is 0 Å². The molecule has 3 nitrogen and oxygen atoms in total. The summed E-state index contributed by atoms with van der Waals surface area (Å²) in [5, 5.41) is 0.471. The first-order valence-corrected chi connectivity index (χ1v) is 10.5. The first kappa shape index (κ1) is 22.2. The van der Waals surface area contributed by atoms with Crippen LogP contribution in [0.15, 0.2) is 53.7 Å². The molecule has 0 N–H and O–H groups in total. The van der Waals surface area contributed by atoms with Gasteiger partial charge in [-0.2, -0.15) is 18.2 Å². The van der Waals surface area contributed by atoms with Gasteiger partial charge >= 0.3 is 6.18 Å². The minimum absolute atomic E-state index is 0.155. The Morgan fingerprint density at radius 2 is 1.73 bits per heavy atom. The van der Waals surface area contributed by atoms with E-state index in [4.69, 9.17) is 4.74 Å². The summed E-state index contributed by atoms with van der Waals surface area (Å²) in [6, 6.07) is 12.9. The SMILES string of the molecule is Cc1cccc(Oc2cc(C(C)C)nc(SCc3cccc(C(F)(F)F)c3)n2)c1C. The first-order chi connectivity index (χ1) is 14.1. The Morgan fingerprint density at radius 1 is 1.00 bits per heavy atom. The summed E-state index contributed by atoms with van der Waals surface area (Å²) >= 11 is 1.29. The molecule has 0 aliphatic carbocycles. The maximum atomic E-state index is 12.9. The van der Waals surface area contributed by atoms with Gasteiger partial charge in [0.25, 0.3) is 0 Å². The van der Waals surface area contributed by atoms with Crippen molar-refractivity contribution in [3.8, 4) is 11.6 Å². The van der Waals surface area contributed by atoms with Gasteiger partial charge in [-0.25, -0.2) is 4.98 Å². The molecule has 158 valence electrons. The van der Waals surface area contributed by atoms with E-state index in [0.29, 0.717) is 22.4 Å². The first-order valence-electron chi connectivity index (χ1n) is 9.55. The number of aromatic nitrogens is 2. The minimum atomic E-state index is -4.36. The monoisotopic (exact) mass is 432 g/mol. The van der Waals surface area contributed by atoms with Gasteiger partial charge in [0.2, 0.25) is 5.88 Å². The molecule has 0 saturated heterocycles. The lowest BCUT2D eigenvalue weighted by Gasteiger charge is -2.13. The zero-order valence-corrected chi connectivity index (χ0v) is 18.1. The number of hydrogen-bond donors (Lipinski definition) is 0. The van der Waals surface area contributed by atoms with Crippen LogP contribution < -0.4 is 4.74 Å². The van der Waals surface area contributed by atoms with Crippen LogP contribution in [0.3, 0.4) is 0 Å². The number of benzene rings is 2. The van der Waals surface area contributed by atoms with E-state index in [2.05, 4.69) is 9.97 Å². The van der Waals surface area contributed by atoms with Crippen molar-refractivity contribution in [3.05, 3.63) is 76.5 Å². The van der Waals surface area contributed by atoms with Crippen molar-refractivity contribution < 1.29 is 17.9 Å². The molecular formula is C23H23F3N2OS. The number of rotatable bonds is 6. The topological polar surface area (TPSA) is 35.0 Å². The van der Waals surface area contributed by atoms with Crippen LogP contribution >= 0.6 is 11.8 Å². The van der Waals surface area contributed by atoms with Gasteiger partial charge in [-0.3, -0.25) is 0 Å². The second kappa shape index (κ2) is 9.08. The molecule has 30 heavy (non-hydrogen) atoms. The van der Waals surface area contributed by atoms with Crippen molar-refractivity contribution >= 4 is 11.8 Å². The van der Waals surface area contributed by atoms with Gasteiger partial charge in [-0.1, -0.05) is 55.9 Å². The van der Waals surface area contributed by atoms with E-state index in [1.165, 1.54) is 17.8 Å². The number of hydrogen-bond acceptors (Lipinski definition) is 4. The zero-order chi connectivity index (χ0) is 21.9. The van der Waals surface area contributed by atoms with E-state index in [-0.39, 0.29) is 5.92 Å². The molecule has 2 aromatic carbocycles. The van der Waals surface area contributed by atoms with E-state index in [1.54, 1.807) is 12.1 Å². The second-order valence-electron chi connectivity index (χ2n) is 7.36. The van der Waals surface area contributed by atoms with E-state index >= 15 is 0 Å². The normalized spacial score (nSPS) is 11.7. The highest BCUT2D eigenvalue weighted by Gasteiger charge is 2.30. The van der Waals surface area contributed by atoms with Crippen LogP contribution in [0.4, 0.5) is 13.2 Å². The molecule has 0 aliphatic rings. The molecule has 0 saturated carbocycles. The van der Waals surface area contributed by atoms with Gasteiger partial charge in [0, 0.05) is 11.8 Å². The van der Waals surface area contributed by atoms with Crippen molar-refractivity contribution in [2.75, 3.05) is 0 Å². The standard InChI is InChI=1S/C23H23F3N2OS/c1-14(2)19-12-21(29-20-10-5-7-15(3)16(20)4)28-22(27-19)30-13-17-8-6-9-18(11-17)23(24,25)26/h5-12,14H,13H2,1-4H3. The van der Waals surface area contributed by atoms with Crippen LogP contribution in [0.5, 0.6) is 11.6 Å². The molecule has 0 bridgehead atoms. The Hall–Kier alpha value is -2.54. The van der Waals surface area contributed by atoms with Crippen molar-refractivity contribution in [1.29, 1.82) is 0 Å². The minimum Gasteiger partial charge on any atom is -0.439 e. The molecule has 1 aromatic heterocycles. The second-order valence-corrected chi connectivity index (χ2v) is 8.30. The fourth-order valence-electron chi connectivity index (χ4n) is 2.77. The quantitative estimate of drug-likeness (QED) is 0.302. The lowest BCUT2D eigenvalue weighted by Crippen LogP contribution is -2.05. The summed E-state index contributed by atoms with van der Waals surface area (Å²) in [6.45, 7) is 8.03. The average Bonchev–Trinajstić information content (AvgIpc) is 2.69. The Bertz CT molecular complexity index is 1040. The molecule has 0 amide bonds. The summed E-state index contributed by atoms with van der Waals surface area (Å²) in [6.07, 6.45) is -4.36. The summed E-state index contributed by atoms with van der Waals surface area (Å²) in [5.74, 6) is 1.63. The van der Waals surface area contributed by atoms with Gasteiger partial charge in [-0.15, -0.1) is 0 Å². The largest absolute Gasteiger partial charge is 0.439 e. The van der Waals surface area contributed by atoms with Crippen molar-refractivity contribution in [1.82, 2.24) is 9.97 Å². The highest BCUT2D eigenvalue weighted by atomic mass is 32.2. The van der Waals surface area contributed by atoms with E-state index < -0.39 is 11.7 Å². The number of nitrogens with zero attached hydrogens (tertiary/aromatic N) is 2. The number of aryl methyl sites for hydroxylation is 1. The highest BCUT2D eigenvalue weighted by molar-refractivity contribution is 7.98. The Kier molecular flexibility index (Phi) is 6.71. The fraction of sp³-hybridized carbons (Fsp3) is 0.304. The molecule has 0 aliphatic heterocycles. The third-order valence-electron chi connectivity index (χ3n) is 4.69. The highest BCUT2D eigenvalue weighted by Crippen LogP contribution is 2.32. The smallest absolute Gasteiger partial charge is 0.416 e. The number of thioether (sulfide) groups is 1. The third-order valence-corrected chi connectivity index (χ3v) is 5.60. The maximum Gasteiger partial charge on any atom is 0.416 e. The van der Waals surface area contributed by atoms with Crippen LogP contribution in [0, 0.1) is 13.8 Å².